The van der Waals surface area contributed by atoms with Gasteiger partial charge in [-0.1, -0.05) is 69.3 Å². The predicted octanol–water partition coefficient (Wildman–Crippen LogP) is 5.16. The molecule has 7 atom stereocenters. The zero-order chi connectivity index (χ0) is 28.9. The third-order valence-electron chi connectivity index (χ3n) is 9.14. The number of hydrogen-bond donors (Lipinski definition) is 3. The summed E-state index contributed by atoms with van der Waals surface area (Å²) < 4.78 is -0.758. The number of aliphatic hydroxyl groups is 1. The summed E-state index contributed by atoms with van der Waals surface area (Å²) in [6.45, 7) is 5.96. The van der Waals surface area contributed by atoms with Crippen molar-refractivity contribution in [2.24, 2.45) is 23.7 Å². The molecule has 6 rings (SSSR count). The highest BCUT2D eigenvalue weighted by Gasteiger charge is 2.76. The van der Waals surface area contributed by atoms with E-state index in [1.54, 1.807) is 16.7 Å². The van der Waals surface area contributed by atoms with Crippen molar-refractivity contribution >= 4 is 51.6 Å². The molecule has 3 fully saturated rings. The van der Waals surface area contributed by atoms with Gasteiger partial charge in [0.2, 0.25) is 17.7 Å². The summed E-state index contributed by atoms with van der Waals surface area (Å²) in [7, 11) is 0. The van der Waals surface area contributed by atoms with E-state index in [1.807, 2.05) is 86.6 Å². The number of fused-ring (bicyclic) bond motifs is 2. The molecule has 7 nitrogen and oxygen atoms in total. The number of para-hydroxylation sites is 1. The monoisotopic (exact) mass is 571 g/mol. The molecule has 0 aromatic heterocycles. The first kappa shape index (κ1) is 27.8. The highest BCUT2D eigenvalue weighted by atomic mass is 32.2. The van der Waals surface area contributed by atoms with Gasteiger partial charge in [-0.15, -0.1) is 11.8 Å². The quantitative estimate of drug-likeness (QED) is 0.347. The van der Waals surface area contributed by atoms with Gasteiger partial charge in [-0.3, -0.25) is 14.4 Å². The number of hydrogen-bond acceptors (Lipinski definition) is 5. The largest absolute Gasteiger partial charge is 0.394 e. The minimum absolute atomic E-state index is 0.0444. The van der Waals surface area contributed by atoms with Gasteiger partial charge in [0.15, 0.2) is 0 Å². The van der Waals surface area contributed by atoms with Gasteiger partial charge in [0, 0.05) is 16.6 Å². The Morgan fingerprint density at radius 3 is 2.37 bits per heavy atom. The first-order valence-corrected chi connectivity index (χ1v) is 15.4. The first-order valence-electron chi connectivity index (χ1n) is 14.5. The molecule has 3 saturated heterocycles. The summed E-state index contributed by atoms with van der Waals surface area (Å²) in [4.78, 5) is 44.2. The maximum atomic E-state index is 14.4. The molecule has 214 valence electrons. The molecule has 0 radical (unpaired) electrons. The van der Waals surface area contributed by atoms with E-state index in [2.05, 4.69) is 17.6 Å². The van der Waals surface area contributed by atoms with Crippen LogP contribution >= 0.6 is 11.8 Å². The average Bonchev–Trinajstić information content (AvgIpc) is 3.55. The lowest BCUT2D eigenvalue weighted by Gasteiger charge is -2.40. The number of nitrogens with one attached hydrogen (secondary N) is 2. The third-order valence-corrected chi connectivity index (χ3v) is 11.2. The van der Waals surface area contributed by atoms with E-state index in [4.69, 9.17) is 0 Å². The topological polar surface area (TPSA) is 98.7 Å². The molecule has 0 saturated carbocycles. The second kappa shape index (κ2) is 10.8. The number of rotatable bonds is 8. The Labute approximate surface area is 245 Å². The summed E-state index contributed by atoms with van der Waals surface area (Å²) in [5.74, 6) is -1.58. The molecule has 3 N–H and O–H groups in total. The molecular formula is C33H37N3O4S. The van der Waals surface area contributed by atoms with Crippen molar-refractivity contribution in [2.75, 3.05) is 17.2 Å². The van der Waals surface area contributed by atoms with Gasteiger partial charge >= 0.3 is 0 Å². The Morgan fingerprint density at radius 1 is 0.976 bits per heavy atom. The van der Waals surface area contributed by atoms with Crippen molar-refractivity contribution in [1.29, 1.82) is 0 Å². The number of nitrogens with zero attached hydrogens (tertiary/aromatic N) is 1. The Bertz CT molecular complexity index is 1480. The SMILES string of the molecule is CC(C)C[C@H](CO)N1C(=O)[C@@H]2[C@@H](C(=O)Nc3ccccc3)[C@H]3CC(C)C2(S3)C1C(=O)Nc1ccc2ccccc2c1. The number of aliphatic hydroxyl groups excluding tert-OH is 1. The fourth-order valence-corrected chi connectivity index (χ4v) is 9.91. The van der Waals surface area contributed by atoms with Gasteiger partial charge in [0.25, 0.3) is 0 Å². The van der Waals surface area contributed by atoms with Crippen molar-refractivity contribution < 1.29 is 19.5 Å². The molecule has 1 spiro atoms. The van der Waals surface area contributed by atoms with Crippen LogP contribution in [0.1, 0.15) is 33.6 Å². The van der Waals surface area contributed by atoms with E-state index >= 15 is 0 Å². The molecule has 8 heteroatoms. The molecule has 3 heterocycles. The fraction of sp³-hybridized carbons (Fsp3) is 0.424. The molecule has 3 aromatic carbocycles. The van der Waals surface area contributed by atoms with Crippen molar-refractivity contribution in [1.82, 2.24) is 4.90 Å². The van der Waals surface area contributed by atoms with Crippen LogP contribution in [-0.2, 0) is 14.4 Å². The number of thioether (sulfide) groups is 1. The summed E-state index contributed by atoms with van der Waals surface area (Å²) in [6, 6.07) is 21.7. The van der Waals surface area contributed by atoms with Crippen LogP contribution < -0.4 is 10.6 Å². The molecule has 3 aliphatic heterocycles. The zero-order valence-electron chi connectivity index (χ0n) is 23.6. The molecule has 3 amide bonds. The summed E-state index contributed by atoms with van der Waals surface area (Å²) in [5.41, 5.74) is 1.35. The number of amides is 3. The molecule has 3 aromatic rings. The number of anilines is 2. The Hall–Kier alpha value is -3.36. The fourth-order valence-electron chi connectivity index (χ4n) is 7.50. The van der Waals surface area contributed by atoms with Crippen LogP contribution in [0.5, 0.6) is 0 Å². The molecule has 0 aliphatic carbocycles. The van der Waals surface area contributed by atoms with Gasteiger partial charge in [0.1, 0.15) is 6.04 Å². The van der Waals surface area contributed by atoms with Gasteiger partial charge < -0.3 is 20.6 Å². The van der Waals surface area contributed by atoms with Gasteiger partial charge in [-0.25, -0.2) is 0 Å². The van der Waals surface area contributed by atoms with Crippen molar-refractivity contribution in [3.63, 3.8) is 0 Å². The normalized spacial score (nSPS) is 29.1. The van der Waals surface area contributed by atoms with E-state index in [0.717, 1.165) is 17.2 Å². The van der Waals surface area contributed by atoms with E-state index in [9.17, 15) is 19.5 Å². The maximum absolute atomic E-state index is 14.4. The van der Waals surface area contributed by atoms with Crippen LogP contribution in [0.3, 0.4) is 0 Å². The van der Waals surface area contributed by atoms with Crippen molar-refractivity contribution in [3.05, 3.63) is 72.8 Å². The Balaban J connectivity index is 1.39. The Morgan fingerprint density at radius 2 is 1.66 bits per heavy atom. The number of likely N-dealkylation sites (tertiary alicyclic amines) is 1. The lowest BCUT2D eigenvalue weighted by atomic mass is 9.66. The van der Waals surface area contributed by atoms with E-state index in [0.29, 0.717) is 17.8 Å². The van der Waals surface area contributed by atoms with E-state index in [1.165, 1.54) is 0 Å². The van der Waals surface area contributed by atoms with Crippen LogP contribution in [-0.4, -0.2) is 56.4 Å². The van der Waals surface area contributed by atoms with Gasteiger partial charge in [0.05, 0.1) is 29.2 Å². The van der Waals surface area contributed by atoms with Crippen LogP contribution in [0.15, 0.2) is 72.8 Å². The molecule has 41 heavy (non-hydrogen) atoms. The predicted molar refractivity (Wildman–Crippen MR) is 163 cm³/mol. The second-order valence-corrected chi connectivity index (χ2v) is 13.7. The van der Waals surface area contributed by atoms with E-state index < -0.39 is 28.7 Å². The second-order valence-electron chi connectivity index (χ2n) is 12.2. The highest BCUT2D eigenvalue weighted by molar-refractivity contribution is 8.02. The van der Waals surface area contributed by atoms with Gasteiger partial charge in [-0.05, 0) is 59.7 Å². The average molecular weight is 572 g/mol. The van der Waals surface area contributed by atoms with Crippen LogP contribution in [0.2, 0.25) is 0 Å². The first-order chi connectivity index (χ1) is 19.7. The van der Waals surface area contributed by atoms with Crippen molar-refractivity contribution in [3.8, 4) is 0 Å². The minimum atomic E-state index is -0.804. The number of benzene rings is 3. The molecular weight excluding hydrogens is 534 g/mol. The van der Waals surface area contributed by atoms with Gasteiger partial charge in [-0.2, -0.15) is 0 Å². The standard InChI is InChI=1S/C33H37N3O4S/c1-19(2)15-25(18-37)36-29(31(39)35-24-14-13-21-9-7-8-10-22(21)17-24)33-20(3)16-26(41-33)27(28(33)32(36)40)30(38)34-23-11-5-4-6-12-23/h4-14,17,19-20,25-29,37H,15-16,18H2,1-3H3,(H,34,38)(H,35,39)/t20?,25-,26-,27+,28+,29?,33?/m1/s1. The number of carbonyl (C=O) groups excluding carboxylic acids is 3. The smallest absolute Gasteiger partial charge is 0.248 e. The van der Waals surface area contributed by atoms with Crippen LogP contribution in [0.4, 0.5) is 11.4 Å². The van der Waals surface area contributed by atoms with Crippen LogP contribution in [0, 0.1) is 23.7 Å². The molecule has 3 unspecified atom stereocenters. The Kier molecular flexibility index (Phi) is 7.32. The summed E-state index contributed by atoms with van der Waals surface area (Å²) in [6.07, 6.45) is 1.32. The van der Waals surface area contributed by atoms with Crippen molar-refractivity contribution in [2.45, 2.75) is 55.7 Å². The zero-order valence-corrected chi connectivity index (χ0v) is 24.4. The lowest BCUT2D eigenvalue weighted by molar-refractivity contribution is -0.141. The summed E-state index contributed by atoms with van der Waals surface area (Å²) >= 11 is 1.64. The lowest BCUT2D eigenvalue weighted by Crippen LogP contribution is -2.57. The van der Waals surface area contributed by atoms with E-state index in [-0.39, 0.29) is 41.4 Å². The molecule has 2 bridgehead atoms. The molecule has 3 aliphatic rings. The van der Waals surface area contributed by atoms with Crippen LogP contribution in [0.25, 0.3) is 10.8 Å². The highest BCUT2D eigenvalue weighted by Crippen LogP contribution is 2.69. The number of carbonyl (C=O) groups is 3. The maximum Gasteiger partial charge on any atom is 0.248 e. The minimum Gasteiger partial charge on any atom is -0.394 e. The summed E-state index contributed by atoms with van der Waals surface area (Å²) in [5, 5.41) is 18.7. The third kappa shape index (κ3) is 4.61.